The Hall–Kier alpha value is 0.250. The minimum absolute atomic E-state index is 0.301. The van der Waals surface area contributed by atoms with E-state index in [2.05, 4.69) is 32.6 Å². The van der Waals surface area contributed by atoms with Gasteiger partial charge in [0.2, 0.25) is 0 Å². The van der Waals surface area contributed by atoms with E-state index >= 15 is 0 Å². The number of alkyl halides is 1. The highest BCUT2D eigenvalue weighted by Crippen LogP contribution is 2.12. The Kier molecular flexibility index (Phi) is 5.98. The molecule has 0 aromatic heterocycles. The molecule has 0 heterocycles. The van der Waals surface area contributed by atoms with Crippen LogP contribution < -0.4 is 0 Å². The summed E-state index contributed by atoms with van der Waals surface area (Å²) in [6.45, 7) is 10.9. The van der Waals surface area contributed by atoms with Crippen LogP contribution in [0.2, 0.25) is 0 Å². The summed E-state index contributed by atoms with van der Waals surface area (Å²) in [6.07, 6.45) is 1.05. The molecule has 0 aliphatic rings. The van der Waals surface area contributed by atoms with Crippen LogP contribution in [0.15, 0.2) is 0 Å². The Morgan fingerprint density at radius 3 is 1.91 bits per heavy atom. The van der Waals surface area contributed by atoms with E-state index in [0.29, 0.717) is 11.4 Å². The van der Waals surface area contributed by atoms with Crippen molar-refractivity contribution in [3.05, 3.63) is 0 Å². The van der Waals surface area contributed by atoms with Crippen LogP contribution in [0.25, 0.3) is 0 Å². The van der Waals surface area contributed by atoms with Gasteiger partial charge in [0.15, 0.2) is 0 Å². The van der Waals surface area contributed by atoms with Crippen molar-refractivity contribution >= 4 is 11.6 Å². The van der Waals surface area contributed by atoms with E-state index in [9.17, 15) is 0 Å². The molecule has 0 saturated heterocycles. The van der Waals surface area contributed by atoms with Crippen molar-refractivity contribution in [2.75, 3.05) is 13.1 Å². The summed E-state index contributed by atoms with van der Waals surface area (Å²) < 4.78 is 0. The molecule has 2 unspecified atom stereocenters. The Bertz CT molecular complexity index is 91.6. The van der Waals surface area contributed by atoms with Crippen LogP contribution in [0.4, 0.5) is 0 Å². The van der Waals surface area contributed by atoms with Gasteiger partial charge in [0.05, 0.1) is 0 Å². The first-order valence-electron chi connectivity index (χ1n) is 4.55. The normalized spacial score (nSPS) is 16.9. The van der Waals surface area contributed by atoms with Crippen molar-refractivity contribution in [3.63, 3.8) is 0 Å². The summed E-state index contributed by atoms with van der Waals surface area (Å²) in [4.78, 5) is 2.39. The van der Waals surface area contributed by atoms with Gasteiger partial charge >= 0.3 is 0 Å². The van der Waals surface area contributed by atoms with E-state index in [1.54, 1.807) is 0 Å². The maximum absolute atomic E-state index is 6.13. The van der Waals surface area contributed by atoms with Gasteiger partial charge in [0.25, 0.3) is 0 Å². The standard InChI is InChI=1S/C9H20ClN/c1-5-9(10)8(4)11(6-2)7-3/h8-9H,5-7H2,1-4H3. The van der Waals surface area contributed by atoms with E-state index < -0.39 is 0 Å². The molecule has 0 fully saturated rings. The van der Waals surface area contributed by atoms with E-state index in [-0.39, 0.29) is 0 Å². The topological polar surface area (TPSA) is 3.24 Å². The molecular formula is C9H20ClN. The van der Waals surface area contributed by atoms with Crippen molar-refractivity contribution in [1.29, 1.82) is 0 Å². The molecule has 11 heavy (non-hydrogen) atoms. The fraction of sp³-hybridized carbons (Fsp3) is 1.00. The first-order chi connectivity index (χ1) is 5.17. The van der Waals surface area contributed by atoms with E-state index in [1.807, 2.05) is 0 Å². The molecule has 0 saturated carbocycles. The number of nitrogens with zero attached hydrogens (tertiary/aromatic N) is 1. The SMILES string of the molecule is CCC(Cl)C(C)N(CC)CC. The third kappa shape index (κ3) is 3.44. The van der Waals surface area contributed by atoms with Crippen molar-refractivity contribution in [3.8, 4) is 0 Å². The van der Waals surface area contributed by atoms with Gasteiger partial charge in [0.1, 0.15) is 0 Å². The van der Waals surface area contributed by atoms with Crippen LogP contribution in [0.1, 0.15) is 34.1 Å². The molecule has 2 atom stereocenters. The third-order valence-corrected chi connectivity index (χ3v) is 2.98. The fourth-order valence-electron chi connectivity index (χ4n) is 1.37. The molecule has 0 spiro atoms. The largest absolute Gasteiger partial charge is 0.300 e. The second-order valence-corrected chi connectivity index (χ2v) is 3.45. The maximum Gasteiger partial charge on any atom is 0.0486 e. The Labute approximate surface area is 75.7 Å². The zero-order valence-corrected chi connectivity index (χ0v) is 8.86. The average Bonchev–Trinajstić information content (AvgIpc) is 2.05. The molecule has 0 rings (SSSR count). The monoisotopic (exact) mass is 177 g/mol. The average molecular weight is 178 g/mol. The van der Waals surface area contributed by atoms with Gasteiger partial charge in [-0.05, 0) is 26.4 Å². The highest BCUT2D eigenvalue weighted by atomic mass is 35.5. The second-order valence-electron chi connectivity index (χ2n) is 2.89. The summed E-state index contributed by atoms with van der Waals surface area (Å²) >= 11 is 6.13. The molecule has 2 heteroatoms. The smallest absolute Gasteiger partial charge is 0.0486 e. The predicted octanol–water partition coefficient (Wildman–Crippen LogP) is 2.73. The molecule has 0 bridgehead atoms. The maximum atomic E-state index is 6.13. The van der Waals surface area contributed by atoms with Crippen LogP contribution in [-0.4, -0.2) is 29.4 Å². The molecular weight excluding hydrogens is 158 g/mol. The van der Waals surface area contributed by atoms with Crippen molar-refractivity contribution in [2.24, 2.45) is 0 Å². The predicted molar refractivity (Wildman–Crippen MR) is 52.3 cm³/mol. The van der Waals surface area contributed by atoms with E-state index in [4.69, 9.17) is 11.6 Å². The summed E-state index contributed by atoms with van der Waals surface area (Å²) in [5.41, 5.74) is 0. The minimum Gasteiger partial charge on any atom is -0.300 e. The van der Waals surface area contributed by atoms with Gasteiger partial charge < -0.3 is 0 Å². The highest BCUT2D eigenvalue weighted by Gasteiger charge is 2.17. The van der Waals surface area contributed by atoms with Crippen molar-refractivity contribution < 1.29 is 0 Å². The fourth-order valence-corrected chi connectivity index (χ4v) is 1.53. The zero-order valence-electron chi connectivity index (χ0n) is 8.10. The summed E-state index contributed by atoms with van der Waals surface area (Å²) in [7, 11) is 0. The molecule has 0 N–H and O–H groups in total. The lowest BCUT2D eigenvalue weighted by molar-refractivity contribution is 0.223. The lowest BCUT2D eigenvalue weighted by atomic mass is 10.1. The van der Waals surface area contributed by atoms with Crippen molar-refractivity contribution in [1.82, 2.24) is 4.90 Å². The zero-order chi connectivity index (χ0) is 8.85. The number of rotatable bonds is 5. The number of hydrogen-bond acceptors (Lipinski definition) is 1. The summed E-state index contributed by atoms with van der Waals surface area (Å²) in [5, 5.41) is 0.301. The number of hydrogen-bond donors (Lipinski definition) is 0. The summed E-state index contributed by atoms with van der Waals surface area (Å²) in [5.74, 6) is 0. The van der Waals surface area contributed by atoms with Gasteiger partial charge in [-0.25, -0.2) is 0 Å². The Morgan fingerprint density at radius 2 is 1.64 bits per heavy atom. The third-order valence-electron chi connectivity index (χ3n) is 2.30. The van der Waals surface area contributed by atoms with Gasteiger partial charge in [-0.1, -0.05) is 20.8 Å². The van der Waals surface area contributed by atoms with Crippen LogP contribution in [0.5, 0.6) is 0 Å². The molecule has 1 nitrogen and oxygen atoms in total. The molecule has 0 aliphatic heterocycles. The Balaban J connectivity index is 3.86. The van der Waals surface area contributed by atoms with Gasteiger partial charge in [-0.2, -0.15) is 0 Å². The van der Waals surface area contributed by atoms with E-state index in [1.165, 1.54) is 0 Å². The molecule has 0 amide bonds. The Morgan fingerprint density at radius 1 is 1.18 bits per heavy atom. The van der Waals surface area contributed by atoms with Gasteiger partial charge in [0, 0.05) is 11.4 Å². The molecule has 0 aromatic rings. The number of halogens is 1. The van der Waals surface area contributed by atoms with Crippen LogP contribution in [0.3, 0.4) is 0 Å². The quantitative estimate of drug-likeness (QED) is 0.584. The first kappa shape index (κ1) is 11.2. The second kappa shape index (κ2) is 5.84. The van der Waals surface area contributed by atoms with Crippen LogP contribution >= 0.6 is 11.6 Å². The molecule has 0 radical (unpaired) electrons. The molecule has 68 valence electrons. The lowest BCUT2D eigenvalue weighted by Crippen LogP contribution is -2.38. The molecule has 0 aromatic carbocycles. The highest BCUT2D eigenvalue weighted by molar-refractivity contribution is 6.21. The van der Waals surface area contributed by atoms with Crippen LogP contribution in [0, 0.1) is 0 Å². The molecule has 0 aliphatic carbocycles. The lowest BCUT2D eigenvalue weighted by Gasteiger charge is -2.29. The minimum atomic E-state index is 0.301. The van der Waals surface area contributed by atoms with E-state index in [0.717, 1.165) is 19.5 Å². The van der Waals surface area contributed by atoms with Gasteiger partial charge in [-0.3, -0.25) is 4.90 Å². The van der Waals surface area contributed by atoms with Crippen LogP contribution in [-0.2, 0) is 0 Å². The van der Waals surface area contributed by atoms with Gasteiger partial charge in [-0.15, -0.1) is 11.6 Å². The van der Waals surface area contributed by atoms with Crippen molar-refractivity contribution in [2.45, 2.75) is 45.5 Å². The summed E-state index contributed by atoms with van der Waals surface area (Å²) in [6, 6.07) is 0.511. The first-order valence-corrected chi connectivity index (χ1v) is 4.99.